The Morgan fingerprint density at radius 1 is 1.05 bits per heavy atom. The van der Waals surface area contributed by atoms with Gasteiger partial charge in [0.05, 0.1) is 11.4 Å². The summed E-state index contributed by atoms with van der Waals surface area (Å²) in [5.41, 5.74) is 4.38. The van der Waals surface area contributed by atoms with Crippen LogP contribution in [0.25, 0.3) is 0 Å². The van der Waals surface area contributed by atoms with Gasteiger partial charge >= 0.3 is 0 Å². The minimum Gasteiger partial charge on any atom is -0.376 e. The summed E-state index contributed by atoms with van der Waals surface area (Å²) in [5.74, 6) is -0.0510. The molecule has 0 fully saturated rings. The molecule has 0 radical (unpaired) electrons. The van der Waals surface area contributed by atoms with Gasteiger partial charge in [-0.25, -0.2) is 0 Å². The van der Waals surface area contributed by atoms with Gasteiger partial charge in [0.2, 0.25) is 5.91 Å². The zero-order valence-electron chi connectivity index (χ0n) is 12.2. The van der Waals surface area contributed by atoms with Crippen molar-refractivity contribution in [1.29, 1.82) is 0 Å². The van der Waals surface area contributed by atoms with E-state index in [0.29, 0.717) is 0 Å². The first-order valence-corrected chi connectivity index (χ1v) is 6.68. The number of nitrogens with one attached hydrogen (secondary N) is 1. The molecule has 0 bridgehead atoms. The first kappa shape index (κ1) is 14.1. The molecule has 0 saturated heterocycles. The van der Waals surface area contributed by atoms with Gasteiger partial charge in [-0.05, 0) is 23.6 Å². The highest BCUT2D eigenvalue weighted by molar-refractivity contribution is 5.93. The van der Waals surface area contributed by atoms with E-state index in [9.17, 15) is 4.79 Å². The second kappa shape index (κ2) is 6.24. The van der Waals surface area contributed by atoms with Crippen molar-refractivity contribution in [2.75, 3.05) is 24.3 Å². The van der Waals surface area contributed by atoms with Crippen LogP contribution in [-0.2, 0) is 11.2 Å². The van der Waals surface area contributed by atoms with E-state index >= 15 is 0 Å². The third-order valence-electron chi connectivity index (χ3n) is 3.11. The quantitative estimate of drug-likeness (QED) is 0.922. The average Bonchev–Trinajstić information content (AvgIpc) is 2.39. The highest BCUT2D eigenvalue weighted by Gasteiger charge is 2.11. The van der Waals surface area contributed by atoms with Crippen molar-refractivity contribution in [3.63, 3.8) is 0 Å². The predicted molar refractivity (Wildman–Crippen MR) is 84.3 cm³/mol. The van der Waals surface area contributed by atoms with Crippen LogP contribution in [0.1, 0.15) is 18.1 Å². The molecule has 0 saturated carbocycles. The second-order valence-corrected chi connectivity index (χ2v) is 5.05. The number of amides is 1. The highest BCUT2D eigenvalue weighted by atomic mass is 16.1. The van der Waals surface area contributed by atoms with Gasteiger partial charge in [-0.3, -0.25) is 4.79 Å². The maximum absolute atomic E-state index is 11.3. The van der Waals surface area contributed by atoms with E-state index in [2.05, 4.69) is 23.5 Å². The first-order chi connectivity index (χ1) is 9.58. The number of para-hydroxylation sites is 1. The normalized spacial score (nSPS) is 10.2. The number of rotatable bonds is 4. The summed E-state index contributed by atoms with van der Waals surface area (Å²) in [5, 5.41) is 2.90. The maximum atomic E-state index is 11.3. The van der Waals surface area contributed by atoms with Gasteiger partial charge in [0.1, 0.15) is 0 Å². The lowest BCUT2D eigenvalue weighted by atomic mass is 10.0. The molecule has 0 heterocycles. The van der Waals surface area contributed by atoms with E-state index in [0.717, 1.165) is 17.8 Å². The van der Waals surface area contributed by atoms with Crippen molar-refractivity contribution in [3.8, 4) is 0 Å². The van der Waals surface area contributed by atoms with Crippen LogP contribution in [0.4, 0.5) is 11.4 Å². The van der Waals surface area contributed by atoms with Gasteiger partial charge in [0.25, 0.3) is 0 Å². The summed E-state index contributed by atoms with van der Waals surface area (Å²) in [4.78, 5) is 13.4. The molecule has 0 aliphatic heterocycles. The molecule has 0 aliphatic carbocycles. The molecular weight excluding hydrogens is 248 g/mol. The van der Waals surface area contributed by atoms with Crippen molar-refractivity contribution in [2.24, 2.45) is 0 Å². The Morgan fingerprint density at radius 2 is 1.75 bits per heavy atom. The summed E-state index contributed by atoms with van der Waals surface area (Å²) in [6.45, 7) is 1.53. The third kappa shape index (κ3) is 3.38. The third-order valence-corrected chi connectivity index (χ3v) is 3.11. The molecule has 0 aromatic heterocycles. The Kier molecular flexibility index (Phi) is 4.41. The van der Waals surface area contributed by atoms with Gasteiger partial charge in [0, 0.05) is 21.0 Å². The van der Waals surface area contributed by atoms with E-state index in [1.807, 2.05) is 49.3 Å². The molecule has 1 N–H and O–H groups in total. The number of anilines is 2. The largest absolute Gasteiger partial charge is 0.376 e. The van der Waals surface area contributed by atoms with Gasteiger partial charge in [-0.2, -0.15) is 0 Å². The van der Waals surface area contributed by atoms with Gasteiger partial charge in [-0.1, -0.05) is 42.5 Å². The molecule has 0 unspecified atom stereocenters. The van der Waals surface area contributed by atoms with Crippen molar-refractivity contribution in [1.82, 2.24) is 0 Å². The first-order valence-electron chi connectivity index (χ1n) is 6.68. The van der Waals surface area contributed by atoms with Crippen LogP contribution in [0.15, 0.2) is 48.5 Å². The molecule has 3 heteroatoms. The van der Waals surface area contributed by atoms with Gasteiger partial charge < -0.3 is 10.2 Å². The topological polar surface area (TPSA) is 32.3 Å². The van der Waals surface area contributed by atoms with E-state index in [-0.39, 0.29) is 5.91 Å². The Balaban J connectivity index is 2.39. The van der Waals surface area contributed by atoms with Crippen LogP contribution in [0, 0.1) is 0 Å². The fraction of sp³-hybridized carbons (Fsp3) is 0.235. The lowest BCUT2D eigenvalue weighted by Crippen LogP contribution is -2.16. The summed E-state index contributed by atoms with van der Waals surface area (Å²) in [6, 6.07) is 16.4. The number of carbonyl (C=O) groups is 1. The van der Waals surface area contributed by atoms with Gasteiger partial charge in [-0.15, -0.1) is 0 Å². The van der Waals surface area contributed by atoms with E-state index in [1.54, 1.807) is 0 Å². The summed E-state index contributed by atoms with van der Waals surface area (Å²) in [6.07, 6.45) is 0.849. The predicted octanol–water partition coefficient (Wildman–Crippen LogP) is 3.30. The molecule has 3 nitrogen and oxygen atoms in total. The smallest absolute Gasteiger partial charge is 0.221 e. The minimum absolute atomic E-state index is 0.0510. The molecule has 1 amide bonds. The lowest BCUT2D eigenvalue weighted by molar-refractivity contribution is -0.114. The van der Waals surface area contributed by atoms with E-state index in [4.69, 9.17) is 0 Å². The molecule has 0 spiro atoms. The zero-order chi connectivity index (χ0) is 14.5. The maximum Gasteiger partial charge on any atom is 0.221 e. The Bertz CT molecular complexity index is 591. The summed E-state index contributed by atoms with van der Waals surface area (Å²) in [7, 11) is 3.99. The second-order valence-electron chi connectivity index (χ2n) is 5.05. The molecule has 2 rings (SSSR count). The SMILES string of the molecule is CC(=O)Nc1cccc(Cc2ccccc2)c1N(C)C. The fourth-order valence-corrected chi connectivity index (χ4v) is 2.37. The number of nitrogens with zero attached hydrogens (tertiary/aromatic N) is 1. The highest BCUT2D eigenvalue weighted by Crippen LogP contribution is 2.30. The van der Waals surface area contributed by atoms with Crippen LogP contribution < -0.4 is 10.2 Å². The fourth-order valence-electron chi connectivity index (χ4n) is 2.37. The Labute approximate surface area is 120 Å². The monoisotopic (exact) mass is 268 g/mol. The number of hydrogen-bond donors (Lipinski definition) is 1. The molecular formula is C17H20N2O. The van der Waals surface area contributed by atoms with Crippen molar-refractivity contribution in [2.45, 2.75) is 13.3 Å². The van der Waals surface area contributed by atoms with Crippen molar-refractivity contribution < 1.29 is 4.79 Å². The van der Waals surface area contributed by atoms with E-state index in [1.165, 1.54) is 18.1 Å². The minimum atomic E-state index is -0.0510. The van der Waals surface area contributed by atoms with Crippen molar-refractivity contribution in [3.05, 3.63) is 59.7 Å². The molecule has 104 valence electrons. The summed E-state index contributed by atoms with van der Waals surface area (Å²) < 4.78 is 0. The van der Waals surface area contributed by atoms with Crippen molar-refractivity contribution >= 4 is 17.3 Å². The zero-order valence-corrected chi connectivity index (χ0v) is 12.2. The summed E-state index contributed by atoms with van der Waals surface area (Å²) >= 11 is 0. The molecule has 0 aliphatic rings. The van der Waals surface area contributed by atoms with Crippen LogP contribution in [0.5, 0.6) is 0 Å². The van der Waals surface area contributed by atoms with Crippen LogP contribution >= 0.6 is 0 Å². The number of hydrogen-bond acceptors (Lipinski definition) is 2. The van der Waals surface area contributed by atoms with Crippen LogP contribution in [0.2, 0.25) is 0 Å². The van der Waals surface area contributed by atoms with Crippen LogP contribution in [-0.4, -0.2) is 20.0 Å². The number of carbonyl (C=O) groups excluding carboxylic acids is 1. The van der Waals surface area contributed by atoms with Crippen LogP contribution in [0.3, 0.4) is 0 Å². The standard InChI is InChI=1S/C17H20N2O/c1-13(20)18-16-11-7-10-15(17(16)19(2)3)12-14-8-5-4-6-9-14/h4-11H,12H2,1-3H3,(H,18,20). The Morgan fingerprint density at radius 3 is 2.35 bits per heavy atom. The molecule has 20 heavy (non-hydrogen) atoms. The molecule has 0 atom stereocenters. The Hall–Kier alpha value is -2.29. The number of benzene rings is 2. The molecule has 2 aromatic carbocycles. The lowest BCUT2D eigenvalue weighted by Gasteiger charge is -2.21. The van der Waals surface area contributed by atoms with E-state index < -0.39 is 0 Å². The molecule has 2 aromatic rings. The van der Waals surface area contributed by atoms with Gasteiger partial charge in [0.15, 0.2) is 0 Å². The average molecular weight is 268 g/mol.